The summed E-state index contributed by atoms with van der Waals surface area (Å²) in [6, 6.07) is 6.74. The van der Waals surface area contributed by atoms with Crippen LogP contribution in [0.25, 0.3) is 10.1 Å². The molecule has 2 aromatic rings. The molecule has 66 valence electrons. The maximum Gasteiger partial charge on any atom is 0.141 e. The van der Waals surface area contributed by atoms with Gasteiger partial charge in [0.2, 0.25) is 0 Å². The van der Waals surface area contributed by atoms with Crippen LogP contribution in [0, 0.1) is 28.5 Å². The van der Waals surface area contributed by atoms with Crippen LogP contribution in [0.2, 0.25) is 0 Å². The lowest BCUT2D eigenvalue weighted by atomic mass is 10.1. The lowest BCUT2D eigenvalue weighted by Crippen LogP contribution is -1.82. The number of fused-ring (bicyclic) bond motifs is 1. The first-order valence-corrected chi connectivity index (χ1v) is 4.65. The van der Waals surface area contributed by atoms with Crippen molar-refractivity contribution in [2.24, 2.45) is 0 Å². The Labute approximate surface area is 83.4 Å². The second-order valence-electron chi connectivity index (χ2n) is 2.70. The van der Waals surface area contributed by atoms with Crippen molar-refractivity contribution < 1.29 is 4.39 Å². The molecule has 0 aliphatic carbocycles. The number of rotatable bonds is 0. The Bertz CT molecular complexity index is 586. The normalized spacial score (nSPS) is 9.64. The molecule has 0 aliphatic heterocycles. The number of nitrogens with zero attached hydrogens (tertiary/aromatic N) is 2. The van der Waals surface area contributed by atoms with Gasteiger partial charge < -0.3 is 0 Å². The third-order valence-electron chi connectivity index (χ3n) is 1.91. The molecule has 1 aromatic heterocycles. The zero-order valence-electron chi connectivity index (χ0n) is 6.91. The summed E-state index contributed by atoms with van der Waals surface area (Å²) in [7, 11) is 0. The Balaban J connectivity index is 2.88. The highest BCUT2D eigenvalue weighted by Crippen LogP contribution is 2.27. The molecule has 4 heteroatoms. The van der Waals surface area contributed by atoms with Crippen LogP contribution < -0.4 is 0 Å². The first-order chi connectivity index (χ1) is 6.76. The SMILES string of the molecule is N#Cc1cc2scc(F)c2cc1C#N. The van der Waals surface area contributed by atoms with Crippen molar-refractivity contribution in [1.82, 2.24) is 0 Å². The minimum Gasteiger partial charge on any atom is -0.205 e. The fraction of sp³-hybridized carbons (Fsp3) is 0. The summed E-state index contributed by atoms with van der Waals surface area (Å²) < 4.78 is 13.8. The maximum absolute atomic E-state index is 13.1. The third kappa shape index (κ3) is 1.14. The molecule has 0 saturated heterocycles. The van der Waals surface area contributed by atoms with Gasteiger partial charge in [-0.15, -0.1) is 11.3 Å². The molecule has 0 aliphatic rings. The smallest absolute Gasteiger partial charge is 0.141 e. The molecule has 0 N–H and O–H groups in total. The Morgan fingerprint density at radius 3 is 2.43 bits per heavy atom. The van der Waals surface area contributed by atoms with Crippen molar-refractivity contribution in [2.75, 3.05) is 0 Å². The molecule has 2 nitrogen and oxygen atoms in total. The van der Waals surface area contributed by atoms with Gasteiger partial charge in [0.05, 0.1) is 11.1 Å². The average molecular weight is 202 g/mol. The zero-order valence-corrected chi connectivity index (χ0v) is 7.73. The Hall–Kier alpha value is -1.91. The van der Waals surface area contributed by atoms with Crippen LogP contribution in [0.1, 0.15) is 11.1 Å². The van der Waals surface area contributed by atoms with Gasteiger partial charge in [0, 0.05) is 15.5 Å². The quantitative estimate of drug-likeness (QED) is 0.659. The summed E-state index contributed by atoms with van der Waals surface area (Å²) in [5.41, 5.74) is 0.513. The Morgan fingerprint density at radius 1 is 1.14 bits per heavy atom. The van der Waals surface area contributed by atoms with Crippen LogP contribution in [0.4, 0.5) is 4.39 Å². The van der Waals surface area contributed by atoms with Gasteiger partial charge in [-0.25, -0.2) is 4.39 Å². The van der Waals surface area contributed by atoms with Crippen LogP contribution in [0.5, 0.6) is 0 Å². The molecule has 0 amide bonds. The van der Waals surface area contributed by atoms with E-state index in [1.807, 2.05) is 12.1 Å². The predicted molar refractivity (Wildman–Crippen MR) is 51.2 cm³/mol. The van der Waals surface area contributed by atoms with E-state index in [1.165, 1.54) is 22.8 Å². The van der Waals surface area contributed by atoms with Crippen LogP contribution >= 0.6 is 11.3 Å². The van der Waals surface area contributed by atoms with E-state index in [4.69, 9.17) is 10.5 Å². The van der Waals surface area contributed by atoms with E-state index in [0.29, 0.717) is 15.6 Å². The molecular formula is C10H3FN2S. The lowest BCUT2D eigenvalue weighted by Gasteiger charge is -1.94. The minimum absolute atomic E-state index is 0.220. The van der Waals surface area contributed by atoms with Gasteiger partial charge in [0.15, 0.2) is 0 Å². The van der Waals surface area contributed by atoms with Gasteiger partial charge >= 0.3 is 0 Å². The molecule has 0 unspecified atom stereocenters. The van der Waals surface area contributed by atoms with E-state index in [-0.39, 0.29) is 11.4 Å². The van der Waals surface area contributed by atoms with Gasteiger partial charge in [-0.05, 0) is 12.1 Å². The van der Waals surface area contributed by atoms with Crippen molar-refractivity contribution in [3.63, 3.8) is 0 Å². The molecule has 0 saturated carbocycles. The number of hydrogen-bond donors (Lipinski definition) is 0. The average Bonchev–Trinajstić information content (AvgIpc) is 2.58. The summed E-state index contributed by atoms with van der Waals surface area (Å²) in [6.45, 7) is 0. The Kier molecular flexibility index (Phi) is 1.92. The van der Waals surface area contributed by atoms with E-state index in [0.717, 1.165) is 0 Å². The van der Waals surface area contributed by atoms with Crippen LogP contribution in [0.3, 0.4) is 0 Å². The first kappa shape index (κ1) is 8.68. The van der Waals surface area contributed by atoms with Gasteiger partial charge in [-0.3, -0.25) is 0 Å². The van der Waals surface area contributed by atoms with Crippen molar-refractivity contribution in [3.05, 3.63) is 34.5 Å². The predicted octanol–water partition coefficient (Wildman–Crippen LogP) is 2.78. The first-order valence-electron chi connectivity index (χ1n) is 3.77. The summed E-state index contributed by atoms with van der Waals surface area (Å²) in [6.07, 6.45) is 0. The van der Waals surface area contributed by atoms with E-state index in [2.05, 4.69) is 0 Å². The number of benzene rings is 1. The zero-order chi connectivity index (χ0) is 10.1. The molecule has 0 atom stereocenters. The van der Waals surface area contributed by atoms with Crippen molar-refractivity contribution in [3.8, 4) is 12.1 Å². The topological polar surface area (TPSA) is 47.6 Å². The van der Waals surface area contributed by atoms with Gasteiger partial charge in [-0.1, -0.05) is 0 Å². The summed E-state index contributed by atoms with van der Waals surface area (Å²) in [5, 5.41) is 19.2. The fourth-order valence-corrected chi connectivity index (χ4v) is 2.05. The van der Waals surface area contributed by atoms with Crippen LogP contribution in [-0.2, 0) is 0 Å². The largest absolute Gasteiger partial charge is 0.205 e. The van der Waals surface area contributed by atoms with E-state index < -0.39 is 0 Å². The molecular weight excluding hydrogens is 199 g/mol. The fourth-order valence-electron chi connectivity index (χ4n) is 1.23. The highest BCUT2D eigenvalue weighted by molar-refractivity contribution is 7.17. The standard InChI is InChI=1S/C10H3FN2S/c11-9-5-14-10-2-7(4-13)6(3-12)1-8(9)10/h1-2,5H. The van der Waals surface area contributed by atoms with Crippen molar-refractivity contribution >= 4 is 21.4 Å². The molecule has 0 fully saturated rings. The second-order valence-corrected chi connectivity index (χ2v) is 3.61. The molecule has 2 rings (SSSR count). The lowest BCUT2D eigenvalue weighted by molar-refractivity contribution is 0.644. The number of hydrogen-bond acceptors (Lipinski definition) is 3. The minimum atomic E-state index is -0.342. The highest BCUT2D eigenvalue weighted by atomic mass is 32.1. The van der Waals surface area contributed by atoms with E-state index in [1.54, 1.807) is 6.07 Å². The van der Waals surface area contributed by atoms with Gasteiger partial charge in [0.25, 0.3) is 0 Å². The van der Waals surface area contributed by atoms with Crippen LogP contribution in [-0.4, -0.2) is 0 Å². The number of nitriles is 2. The molecule has 0 spiro atoms. The summed E-state index contributed by atoms with van der Waals surface area (Å²) in [4.78, 5) is 0. The van der Waals surface area contributed by atoms with Crippen LogP contribution in [0.15, 0.2) is 17.5 Å². The summed E-state index contributed by atoms with van der Waals surface area (Å²) in [5.74, 6) is -0.342. The highest BCUT2D eigenvalue weighted by Gasteiger charge is 2.08. The summed E-state index contributed by atoms with van der Waals surface area (Å²) >= 11 is 1.23. The molecule has 1 heterocycles. The van der Waals surface area contributed by atoms with E-state index >= 15 is 0 Å². The number of halogens is 1. The molecule has 14 heavy (non-hydrogen) atoms. The second kappa shape index (κ2) is 3.10. The van der Waals surface area contributed by atoms with Crippen molar-refractivity contribution in [1.29, 1.82) is 10.5 Å². The van der Waals surface area contributed by atoms with E-state index in [9.17, 15) is 4.39 Å². The third-order valence-corrected chi connectivity index (χ3v) is 2.82. The number of thiophene rings is 1. The maximum atomic E-state index is 13.1. The molecule has 0 radical (unpaired) electrons. The van der Waals surface area contributed by atoms with Gasteiger partial charge in [0.1, 0.15) is 18.0 Å². The monoisotopic (exact) mass is 202 g/mol. The van der Waals surface area contributed by atoms with Crippen molar-refractivity contribution in [2.45, 2.75) is 0 Å². The molecule has 1 aromatic carbocycles. The van der Waals surface area contributed by atoms with Gasteiger partial charge in [-0.2, -0.15) is 10.5 Å². The molecule has 0 bridgehead atoms. The Morgan fingerprint density at radius 2 is 1.79 bits per heavy atom.